The summed E-state index contributed by atoms with van der Waals surface area (Å²) in [7, 11) is 0. The molecule has 0 saturated heterocycles. The molecule has 1 aliphatic carbocycles. The number of benzene rings is 2. The maximum atomic E-state index is 12.7. The lowest BCUT2D eigenvalue weighted by Crippen LogP contribution is -2.48. The number of carbonyl (C=O) groups is 2. The van der Waals surface area contributed by atoms with Crippen LogP contribution in [0.15, 0.2) is 48.5 Å². The molecule has 1 saturated carbocycles. The summed E-state index contributed by atoms with van der Waals surface area (Å²) in [6.07, 6.45) is -2.43. The van der Waals surface area contributed by atoms with Crippen molar-refractivity contribution >= 4 is 11.8 Å². The molecule has 1 unspecified atom stereocenters. The van der Waals surface area contributed by atoms with Gasteiger partial charge in [0.15, 0.2) is 0 Å². The minimum absolute atomic E-state index is 0.0273. The van der Waals surface area contributed by atoms with E-state index in [0.717, 1.165) is 12.1 Å². The molecule has 1 fully saturated rings. The largest absolute Gasteiger partial charge is 0.573 e. The van der Waals surface area contributed by atoms with Crippen LogP contribution in [0.2, 0.25) is 0 Å². The van der Waals surface area contributed by atoms with Crippen LogP contribution in [0.4, 0.5) is 13.2 Å². The topological polar surface area (TPSA) is 85.9 Å². The second-order valence-electron chi connectivity index (χ2n) is 7.60. The van der Waals surface area contributed by atoms with Gasteiger partial charge >= 0.3 is 6.36 Å². The van der Waals surface area contributed by atoms with Crippen molar-refractivity contribution in [3.05, 3.63) is 59.7 Å². The SMILES string of the molecule is CCONC(=O)C(Cc1ccc(OC(F)(F)F)cc1)NC(=O)c1ccc(OCC2CC2)cc1. The lowest BCUT2D eigenvalue weighted by molar-refractivity contribution is -0.274. The predicted octanol–water partition coefficient (Wildman–Crippen LogP) is 3.78. The highest BCUT2D eigenvalue weighted by atomic mass is 19.4. The summed E-state index contributed by atoms with van der Waals surface area (Å²) in [5, 5.41) is 2.64. The highest BCUT2D eigenvalue weighted by Crippen LogP contribution is 2.29. The van der Waals surface area contributed by atoms with Gasteiger partial charge < -0.3 is 14.8 Å². The van der Waals surface area contributed by atoms with Gasteiger partial charge in [-0.3, -0.25) is 14.4 Å². The molecule has 2 aromatic rings. The van der Waals surface area contributed by atoms with Gasteiger partial charge in [-0.1, -0.05) is 12.1 Å². The van der Waals surface area contributed by atoms with Gasteiger partial charge in [0.25, 0.3) is 11.8 Å². The van der Waals surface area contributed by atoms with Crippen LogP contribution >= 0.6 is 0 Å². The second kappa shape index (κ2) is 11.0. The van der Waals surface area contributed by atoms with Crippen molar-refractivity contribution in [2.75, 3.05) is 13.2 Å². The monoisotopic (exact) mass is 466 g/mol. The zero-order chi connectivity index (χ0) is 23.8. The van der Waals surface area contributed by atoms with E-state index in [0.29, 0.717) is 29.4 Å². The Bertz CT molecular complexity index is 929. The van der Waals surface area contributed by atoms with E-state index < -0.39 is 24.2 Å². The highest BCUT2D eigenvalue weighted by molar-refractivity contribution is 5.97. The number of alkyl halides is 3. The summed E-state index contributed by atoms with van der Waals surface area (Å²) >= 11 is 0. The van der Waals surface area contributed by atoms with Crippen LogP contribution in [0, 0.1) is 5.92 Å². The van der Waals surface area contributed by atoms with Gasteiger partial charge in [0.1, 0.15) is 17.5 Å². The molecule has 2 amide bonds. The van der Waals surface area contributed by atoms with Crippen molar-refractivity contribution in [3.8, 4) is 11.5 Å². The fraction of sp³-hybridized carbons (Fsp3) is 0.391. The van der Waals surface area contributed by atoms with Crippen LogP contribution in [0.1, 0.15) is 35.7 Å². The van der Waals surface area contributed by atoms with E-state index in [-0.39, 0.29) is 18.8 Å². The standard InChI is InChI=1S/C23H25F3N2O5/c1-2-32-28-22(30)20(13-15-5-9-19(10-6-15)33-23(24,25)26)27-21(29)17-7-11-18(12-8-17)31-14-16-3-4-16/h5-12,16,20H,2-4,13-14H2,1H3,(H,27,29)(H,28,30). The van der Waals surface area contributed by atoms with Crippen molar-refractivity contribution in [1.29, 1.82) is 0 Å². The summed E-state index contributed by atoms with van der Waals surface area (Å²) in [6, 6.07) is 10.6. The van der Waals surface area contributed by atoms with E-state index in [9.17, 15) is 22.8 Å². The first kappa shape index (κ1) is 24.4. The number of nitrogens with one attached hydrogen (secondary N) is 2. The summed E-state index contributed by atoms with van der Waals surface area (Å²) in [5.74, 6) is -0.200. The number of hydrogen-bond acceptors (Lipinski definition) is 5. The van der Waals surface area contributed by atoms with E-state index in [2.05, 4.69) is 15.5 Å². The zero-order valence-electron chi connectivity index (χ0n) is 18.0. The van der Waals surface area contributed by atoms with Gasteiger partial charge in [-0.05, 0) is 67.6 Å². The van der Waals surface area contributed by atoms with Crippen LogP contribution in [0.3, 0.4) is 0 Å². The van der Waals surface area contributed by atoms with Crippen molar-refractivity contribution < 1.29 is 37.1 Å². The Kier molecular flexibility index (Phi) is 8.16. The van der Waals surface area contributed by atoms with Crippen LogP contribution in [0.5, 0.6) is 11.5 Å². The van der Waals surface area contributed by atoms with Gasteiger partial charge in [-0.2, -0.15) is 0 Å². The first-order valence-electron chi connectivity index (χ1n) is 10.5. The third-order valence-electron chi connectivity index (χ3n) is 4.83. The smallest absolute Gasteiger partial charge is 0.493 e. The van der Waals surface area contributed by atoms with Crippen molar-refractivity contribution in [2.45, 2.75) is 38.6 Å². The quantitative estimate of drug-likeness (QED) is 0.493. The van der Waals surface area contributed by atoms with Gasteiger partial charge in [0, 0.05) is 12.0 Å². The van der Waals surface area contributed by atoms with Crippen LogP contribution in [-0.4, -0.2) is 37.4 Å². The number of halogens is 3. The molecule has 1 aliphatic rings. The molecule has 3 rings (SSSR count). The van der Waals surface area contributed by atoms with Gasteiger partial charge in [0.2, 0.25) is 0 Å². The van der Waals surface area contributed by atoms with Crippen molar-refractivity contribution in [1.82, 2.24) is 10.8 Å². The molecule has 0 aromatic heterocycles. The Morgan fingerprint density at radius 1 is 1.03 bits per heavy atom. The maximum absolute atomic E-state index is 12.7. The maximum Gasteiger partial charge on any atom is 0.573 e. The number of hydroxylamine groups is 1. The Labute approximate surface area is 189 Å². The van der Waals surface area contributed by atoms with E-state index in [1.165, 1.54) is 25.0 Å². The van der Waals surface area contributed by atoms with E-state index >= 15 is 0 Å². The fourth-order valence-corrected chi connectivity index (χ4v) is 2.93. The third-order valence-corrected chi connectivity index (χ3v) is 4.83. The molecule has 0 radical (unpaired) electrons. The number of amides is 2. The number of hydrogen-bond donors (Lipinski definition) is 2. The predicted molar refractivity (Wildman–Crippen MR) is 113 cm³/mol. The number of rotatable bonds is 11. The molecule has 1 atom stereocenters. The summed E-state index contributed by atoms with van der Waals surface area (Å²) in [5.41, 5.74) is 3.10. The number of ether oxygens (including phenoxy) is 2. The van der Waals surface area contributed by atoms with Gasteiger partial charge in [-0.25, -0.2) is 5.48 Å². The number of carbonyl (C=O) groups excluding carboxylic acids is 2. The molecule has 10 heteroatoms. The van der Waals surface area contributed by atoms with E-state index in [1.807, 2.05) is 0 Å². The molecular weight excluding hydrogens is 441 g/mol. The zero-order valence-corrected chi connectivity index (χ0v) is 18.0. The normalized spacial score (nSPS) is 14.3. The van der Waals surface area contributed by atoms with E-state index in [4.69, 9.17) is 9.57 Å². The Morgan fingerprint density at radius 3 is 2.24 bits per heavy atom. The molecule has 0 heterocycles. The van der Waals surface area contributed by atoms with Crippen LogP contribution < -0.4 is 20.3 Å². The molecule has 7 nitrogen and oxygen atoms in total. The van der Waals surface area contributed by atoms with Gasteiger partial charge in [0.05, 0.1) is 13.2 Å². The highest BCUT2D eigenvalue weighted by Gasteiger charge is 2.31. The molecular formula is C23H25F3N2O5. The third kappa shape index (κ3) is 8.30. The summed E-state index contributed by atoms with van der Waals surface area (Å²) in [6.45, 7) is 2.55. The Balaban J connectivity index is 1.64. The molecule has 178 valence electrons. The van der Waals surface area contributed by atoms with Crippen LogP contribution in [-0.2, 0) is 16.1 Å². The summed E-state index contributed by atoms with van der Waals surface area (Å²) < 4.78 is 46.5. The second-order valence-corrected chi connectivity index (χ2v) is 7.60. The molecule has 2 aromatic carbocycles. The first-order chi connectivity index (χ1) is 15.7. The molecule has 33 heavy (non-hydrogen) atoms. The van der Waals surface area contributed by atoms with Gasteiger partial charge in [-0.15, -0.1) is 13.2 Å². The molecule has 0 spiro atoms. The minimum atomic E-state index is -4.80. The summed E-state index contributed by atoms with van der Waals surface area (Å²) in [4.78, 5) is 30.1. The van der Waals surface area contributed by atoms with Crippen molar-refractivity contribution in [3.63, 3.8) is 0 Å². The average molecular weight is 466 g/mol. The van der Waals surface area contributed by atoms with E-state index in [1.54, 1.807) is 31.2 Å². The Hall–Kier alpha value is -3.27. The molecule has 0 bridgehead atoms. The molecule has 0 aliphatic heterocycles. The van der Waals surface area contributed by atoms with Crippen LogP contribution in [0.25, 0.3) is 0 Å². The fourth-order valence-electron chi connectivity index (χ4n) is 2.93. The molecule has 2 N–H and O–H groups in total. The lowest BCUT2D eigenvalue weighted by Gasteiger charge is -2.19. The average Bonchev–Trinajstić information content (AvgIpc) is 3.60. The lowest BCUT2D eigenvalue weighted by atomic mass is 10.0. The van der Waals surface area contributed by atoms with Crippen molar-refractivity contribution in [2.24, 2.45) is 5.92 Å². The Morgan fingerprint density at radius 2 is 1.67 bits per heavy atom. The first-order valence-corrected chi connectivity index (χ1v) is 10.5. The minimum Gasteiger partial charge on any atom is -0.493 e.